The van der Waals surface area contributed by atoms with Gasteiger partial charge in [0.05, 0.1) is 11.0 Å². The predicted molar refractivity (Wildman–Crippen MR) is 79.1 cm³/mol. The Hall–Kier alpha value is -2.41. The van der Waals surface area contributed by atoms with E-state index in [1.54, 1.807) is 7.05 Å². The van der Waals surface area contributed by atoms with Gasteiger partial charge in [0.1, 0.15) is 5.69 Å². The van der Waals surface area contributed by atoms with Gasteiger partial charge in [0.15, 0.2) is 0 Å². The summed E-state index contributed by atoms with van der Waals surface area (Å²) in [7, 11) is 1.64. The van der Waals surface area contributed by atoms with Crippen molar-refractivity contribution in [2.45, 2.75) is 19.4 Å². The number of rotatable bonds is 6. The van der Waals surface area contributed by atoms with Crippen LogP contribution in [0.2, 0.25) is 0 Å². The number of hydrogen-bond acceptors (Lipinski definition) is 5. The first-order chi connectivity index (χ1) is 10.0. The van der Waals surface area contributed by atoms with E-state index in [0.29, 0.717) is 17.9 Å². The lowest BCUT2D eigenvalue weighted by molar-refractivity contribution is -0.384. The van der Waals surface area contributed by atoms with Crippen LogP contribution in [0.5, 0.6) is 0 Å². The van der Waals surface area contributed by atoms with Gasteiger partial charge in [-0.1, -0.05) is 37.3 Å². The second-order valence-corrected chi connectivity index (χ2v) is 4.69. The van der Waals surface area contributed by atoms with Gasteiger partial charge in [0.2, 0.25) is 5.82 Å². The summed E-state index contributed by atoms with van der Waals surface area (Å²) in [5.74, 6) is 0.312. The Labute approximate surface area is 122 Å². The minimum Gasteiger partial charge on any atom is -0.387 e. The Morgan fingerprint density at radius 1 is 1.43 bits per heavy atom. The lowest BCUT2D eigenvalue weighted by Crippen LogP contribution is -2.15. The van der Waals surface area contributed by atoms with Crippen LogP contribution in [0.25, 0.3) is 0 Å². The highest BCUT2D eigenvalue weighted by molar-refractivity contribution is 5.59. The number of hydrogen-bond donors (Lipinski definition) is 2. The molecule has 1 aromatic carbocycles. The normalized spacial score (nSPS) is 12.1. The average Bonchev–Trinajstić information content (AvgIpc) is 2.81. The number of nitro groups is 1. The number of nitrogens with one attached hydrogen (secondary N) is 1. The van der Waals surface area contributed by atoms with Crippen LogP contribution in [0.3, 0.4) is 0 Å². The topological polar surface area (TPSA) is 93.2 Å². The van der Waals surface area contributed by atoms with Crippen molar-refractivity contribution in [1.29, 1.82) is 0 Å². The van der Waals surface area contributed by atoms with E-state index >= 15 is 0 Å². The fraction of sp³-hybridized carbons (Fsp3) is 0.357. The summed E-state index contributed by atoms with van der Waals surface area (Å²) in [6, 6.07) is 9.15. The van der Waals surface area contributed by atoms with E-state index in [1.807, 2.05) is 37.3 Å². The zero-order chi connectivity index (χ0) is 15.4. The van der Waals surface area contributed by atoms with Crippen LogP contribution >= 0.6 is 0 Å². The van der Waals surface area contributed by atoms with Gasteiger partial charge in [-0.2, -0.15) is 5.10 Å². The number of aliphatic hydroxyl groups is 1. The molecule has 1 unspecified atom stereocenters. The molecule has 7 heteroatoms. The standard InChI is InChI=1S/C14H18N4O3/c1-3-11-13(18(20)21)14(17(2)16-11)15-9-12(19)10-7-5-4-6-8-10/h4-8,12,15,19H,3,9H2,1-2H3. The summed E-state index contributed by atoms with van der Waals surface area (Å²) in [5, 5.41) is 28.3. The third-order valence-electron chi connectivity index (χ3n) is 3.26. The molecule has 2 aromatic rings. The number of anilines is 1. The fourth-order valence-corrected chi connectivity index (χ4v) is 2.18. The van der Waals surface area contributed by atoms with Crippen molar-refractivity contribution in [3.05, 3.63) is 51.7 Å². The van der Waals surface area contributed by atoms with E-state index in [9.17, 15) is 15.2 Å². The van der Waals surface area contributed by atoms with Gasteiger partial charge < -0.3 is 10.4 Å². The molecule has 112 valence electrons. The monoisotopic (exact) mass is 290 g/mol. The summed E-state index contributed by atoms with van der Waals surface area (Å²) < 4.78 is 1.44. The molecular formula is C14H18N4O3. The fourth-order valence-electron chi connectivity index (χ4n) is 2.18. The summed E-state index contributed by atoms with van der Waals surface area (Å²) in [6.07, 6.45) is -0.265. The maximum Gasteiger partial charge on any atom is 0.333 e. The third kappa shape index (κ3) is 3.19. The maximum absolute atomic E-state index is 11.2. The van der Waals surface area contributed by atoms with Gasteiger partial charge in [-0.05, 0) is 12.0 Å². The van der Waals surface area contributed by atoms with Crippen molar-refractivity contribution in [2.24, 2.45) is 7.05 Å². The molecule has 2 rings (SSSR count). The van der Waals surface area contributed by atoms with E-state index in [4.69, 9.17) is 0 Å². The molecule has 0 fully saturated rings. The Morgan fingerprint density at radius 3 is 2.67 bits per heavy atom. The van der Waals surface area contributed by atoms with Gasteiger partial charge in [0, 0.05) is 13.6 Å². The molecule has 0 amide bonds. The van der Waals surface area contributed by atoms with Crippen molar-refractivity contribution >= 4 is 11.5 Å². The van der Waals surface area contributed by atoms with Gasteiger partial charge in [0.25, 0.3) is 0 Å². The van der Waals surface area contributed by atoms with Crippen LogP contribution in [-0.4, -0.2) is 26.4 Å². The molecule has 1 atom stereocenters. The lowest BCUT2D eigenvalue weighted by Gasteiger charge is -2.12. The highest BCUT2D eigenvalue weighted by atomic mass is 16.6. The van der Waals surface area contributed by atoms with E-state index in [1.165, 1.54) is 4.68 Å². The van der Waals surface area contributed by atoms with Crippen molar-refractivity contribution in [2.75, 3.05) is 11.9 Å². The average molecular weight is 290 g/mol. The molecular weight excluding hydrogens is 272 g/mol. The smallest absolute Gasteiger partial charge is 0.333 e. The van der Waals surface area contributed by atoms with E-state index in [-0.39, 0.29) is 12.2 Å². The first-order valence-corrected chi connectivity index (χ1v) is 6.71. The minimum atomic E-state index is -0.745. The third-order valence-corrected chi connectivity index (χ3v) is 3.26. The highest BCUT2D eigenvalue weighted by Gasteiger charge is 2.25. The molecule has 21 heavy (non-hydrogen) atoms. The number of aliphatic hydroxyl groups excluding tert-OH is 1. The zero-order valence-electron chi connectivity index (χ0n) is 12.0. The van der Waals surface area contributed by atoms with Crippen molar-refractivity contribution in [1.82, 2.24) is 9.78 Å². The van der Waals surface area contributed by atoms with Crippen LogP contribution in [0, 0.1) is 10.1 Å². The molecule has 0 aliphatic heterocycles. The van der Waals surface area contributed by atoms with Gasteiger partial charge in [-0.3, -0.25) is 10.1 Å². The van der Waals surface area contributed by atoms with Gasteiger partial charge >= 0.3 is 5.69 Å². The van der Waals surface area contributed by atoms with Crippen LogP contribution in [0.4, 0.5) is 11.5 Å². The molecule has 1 aromatic heterocycles. The van der Waals surface area contributed by atoms with Crippen molar-refractivity contribution in [3.8, 4) is 0 Å². The molecule has 0 aliphatic carbocycles. The van der Waals surface area contributed by atoms with Crippen LogP contribution in [0.1, 0.15) is 24.3 Å². The van der Waals surface area contributed by atoms with E-state index in [2.05, 4.69) is 10.4 Å². The molecule has 1 heterocycles. The number of nitrogens with zero attached hydrogens (tertiary/aromatic N) is 3. The molecule has 2 N–H and O–H groups in total. The zero-order valence-corrected chi connectivity index (χ0v) is 12.0. The summed E-state index contributed by atoms with van der Waals surface area (Å²) in [6.45, 7) is 1.99. The Bertz CT molecular complexity index is 625. The summed E-state index contributed by atoms with van der Waals surface area (Å²) in [5.41, 5.74) is 1.16. The van der Waals surface area contributed by atoms with Crippen LogP contribution in [0.15, 0.2) is 30.3 Å². The Morgan fingerprint density at radius 2 is 2.10 bits per heavy atom. The van der Waals surface area contributed by atoms with E-state index in [0.717, 1.165) is 5.56 Å². The molecule has 0 spiro atoms. The summed E-state index contributed by atoms with van der Waals surface area (Å²) >= 11 is 0. The van der Waals surface area contributed by atoms with Gasteiger partial charge in [-0.25, -0.2) is 4.68 Å². The van der Waals surface area contributed by atoms with Crippen molar-refractivity contribution < 1.29 is 10.0 Å². The lowest BCUT2D eigenvalue weighted by atomic mass is 10.1. The largest absolute Gasteiger partial charge is 0.387 e. The first-order valence-electron chi connectivity index (χ1n) is 6.71. The molecule has 7 nitrogen and oxygen atoms in total. The molecule has 0 bridgehead atoms. The highest BCUT2D eigenvalue weighted by Crippen LogP contribution is 2.28. The molecule has 0 radical (unpaired) electrons. The second kappa shape index (κ2) is 6.36. The van der Waals surface area contributed by atoms with Crippen LogP contribution < -0.4 is 5.32 Å². The maximum atomic E-state index is 11.2. The molecule has 0 saturated carbocycles. The number of aryl methyl sites for hydroxylation is 2. The Balaban J connectivity index is 2.17. The van der Waals surface area contributed by atoms with Crippen molar-refractivity contribution in [3.63, 3.8) is 0 Å². The molecule has 0 saturated heterocycles. The predicted octanol–water partition coefficient (Wildman–Crippen LogP) is 2.04. The second-order valence-electron chi connectivity index (χ2n) is 4.69. The number of aromatic nitrogens is 2. The first kappa shape index (κ1) is 15.0. The quantitative estimate of drug-likeness (QED) is 0.627. The minimum absolute atomic E-state index is 0.0275. The van der Waals surface area contributed by atoms with Gasteiger partial charge in [-0.15, -0.1) is 0 Å². The van der Waals surface area contributed by atoms with Crippen LogP contribution in [-0.2, 0) is 13.5 Å². The Kier molecular flexibility index (Phi) is 4.54. The van der Waals surface area contributed by atoms with E-state index < -0.39 is 11.0 Å². The number of benzene rings is 1. The SMILES string of the molecule is CCc1nn(C)c(NCC(O)c2ccccc2)c1[N+](=O)[O-]. The summed E-state index contributed by atoms with van der Waals surface area (Å²) in [4.78, 5) is 10.7. The molecule has 0 aliphatic rings.